The van der Waals surface area contributed by atoms with Gasteiger partial charge in [0.2, 0.25) is 0 Å². The lowest BCUT2D eigenvalue weighted by Gasteiger charge is -2.04. The zero-order chi connectivity index (χ0) is 12.1. The monoisotopic (exact) mass is 266 g/mol. The van der Waals surface area contributed by atoms with Gasteiger partial charge in [0, 0.05) is 5.75 Å². The summed E-state index contributed by atoms with van der Waals surface area (Å²) in [5.41, 5.74) is 1.23. The van der Waals surface area contributed by atoms with Crippen LogP contribution in [0.25, 0.3) is 0 Å². The first kappa shape index (κ1) is 12.2. The van der Waals surface area contributed by atoms with E-state index < -0.39 is 0 Å². The molecule has 0 aliphatic carbocycles. The van der Waals surface area contributed by atoms with Gasteiger partial charge in [0.25, 0.3) is 0 Å². The molecule has 0 N–H and O–H groups in total. The van der Waals surface area contributed by atoms with Crippen LogP contribution < -0.4 is 4.74 Å². The number of hydrogen-bond acceptors (Lipinski definition) is 4. The molecule has 0 aliphatic rings. The summed E-state index contributed by atoms with van der Waals surface area (Å²) in [6.07, 6.45) is 1.59. The molecule has 0 radical (unpaired) electrons. The first-order valence-corrected chi connectivity index (χ1v) is 6.39. The van der Waals surface area contributed by atoms with Gasteiger partial charge in [-0.3, -0.25) is 0 Å². The molecule has 17 heavy (non-hydrogen) atoms. The Morgan fingerprint density at radius 1 is 1.29 bits per heavy atom. The summed E-state index contributed by atoms with van der Waals surface area (Å²) in [4.78, 5) is 8.32. The maximum Gasteiger partial charge on any atom is 0.189 e. The Hall–Kier alpha value is -1.26. The molecule has 88 valence electrons. The van der Waals surface area contributed by atoms with Crippen LogP contribution in [0.4, 0.5) is 0 Å². The van der Waals surface area contributed by atoms with E-state index in [-0.39, 0.29) is 0 Å². The standard InChI is InChI=1S/C12H11ClN2OS/c1-16-10-7-14-12(15-11(10)13)17-8-9-5-3-2-4-6-9/h2-7H,8H2,1H3. The first-order valence-electron chi connectivity index (χ1n) is 5.03. The molecule has 2 aromatic rings. The smallest absolute Gasteiger partial charge is 0.189 e. The third-order valence-electron chi connectivity index (χ3n) is 2.12. The zero-order valence-electron chi connectivity index (χ0n) is 9.26. The third-order valence-corrected chi connectivity index (χ3v) is 3.32. The summed E-state index contributed by atoms with van der Waals surface area (Å²) in [5, 5.41) is 0.998. The minimum atomic E-state index is 0.345. The van der Waals surface area contributed by atoms with Crippen LogP contribution in [-0.4, -0.2) is 17.1 Å². The van der Waals surface area contributed by atoms with Crippen molar-refractivity contribution in [3.63, 3.8) is 0 Å². The molecule has 0 amide bonds. The second kappa shape index (κ2) is 5.89. The number of thioether (sulfide) groups is 1. The van der Waals surface area contributed by atoms with Crippen molar-refractivity contribution < 1.29 is 4.74 Å². The molecular formula is C12H11ClN2OS. The van der Waals surface area contributed by atoms with E-state index in [1.54, 1.807) is 25.1 Å². The molecule has 2 rings (SSSR count). The fourth-order valence-electron chi connectivity index (χ4n) is 1.26. The average molecular weight is 267 g/mol. The molecule has 0 saturated carbocycles. The van der Waals surface area contributed by atoms with E-state index in [4.69, 9.17) is 16.3 Å². The highest BCUT2D eigenvalue weighted by atomic mass is 35.5. The summed E-state index contributed by atoms with van der Waals surface area (Å²) in [6, 6.07) is 10.2. The second-order valence-corrected chi connectivity index (χ2v) is 4.59. The van der Waals surface area contributed by atoms with Crippen molar-refractivity contribution >= 4 is 23.4 Å². The van der Waals surface area contributed by atoms with Gasteiger partial charge >= 0.3 is 0 Å². The zero-order valence-corrected chi connectivity index (χ0v) is 10.8. The number of hydrogen-bond donors (Lipinski definition) is 0. The van der Waals surface area contributed by atoms with Crippen LogP contribution in [0.15, 0.2) is 41.7 Å². The fraction of sp³-hybridized carbons (Fsp3) is 0.167. The van der Waals surface area contributed by atoms with Crippen LogP contribution >= 0.6 is 23.4 Å². The van der Waals surface area contributed by atoms with Crippen molar-refractivity contribution in [2.75, 3.05) is 7.11 Å². The number of ether oxygens (including phenoxy) is 1. The Balaban J connectivity index is 2.02. The molecule has 0 bridgehead atoms. The SMILES string of the molecule is COc1cnc(SCc2ccccc2)nc1Cl. The second-order valence-electron chi connectivity index (χ2n) is 3.29. The van der Waals surface area contributed by atoms with Gasteiger partial charge in [-0.05, 0) is 5.56 Å². The number of rotatable bonds is 4. The fourth-order valence-corrected chi connectivity index (χ4v) is 2.29. The van der Waals surface area contributed by atoms with E-state index in [0.717, 1.165) is 5.75 Å². The summed E-state index contributed by atoms with van der Waals surface area (Å²) < 4.78 is 5.00. The quantitative estimate of drug-likeness (QED) is 0.482. The van der Waals surface area contributed by atoms with Crippen LogP contribution in [0.1, 0.15) is 5.56 Å². The van der Waals surface area contributed by atoms with E-state index in [9.17, 15) is 0 Å². The average Bonchev–Trinajstić information content (AvgIpc) is 2.38. The van der Waals surface area contributed by atoms with Gasteiger partial charge < -0.3 is 4.74 Å². The topological polar surface area (TPSA) is 35.0 Å². The minimum Gasteiger partial charge on any atom is -0.492 e. The maximum atomic E-state index is 5.92. The first-order chi connectivity index (χ1) is 8.29. The predicted octanol–water partition coefficient (Wildman–Crippen LogP) is 3.43. The normalized spacial score (nSPS) is 10.2. The van der Waals surface area contributed by atoms with Crippen LogP contribution in [0.2, 0.25) is 5.15 Å². The van der Waals surface area contributed by atoms with Crippen molar-refractivity contribution in [2.24, 2.45) is 0 Å². The Morgan fingerprint density at radius 2 is 2.06 bits per heavy atom. The van der Waals surface area contributed by atoms with Crippen molar-refractivity contribution in [3.8, 4) is 5.75 Å². The molecule has 1 aromatic heterocycles. The van der Waals surface area contributed by atoms with Crippen LogP contribution in [0.5, 0.6) is 5.75 Å². The van der Waals surface area contributed by atoms with Gasteiger partial charge in [-0.25, -0.2) is 9.97 Å². The van der Waals surface area contributed by atoms with Crippen LogP contribution in [0.3, 0.4) is 0 Å². The van der Waals surface area contributed by atoms with Gasteiger partial charge in [0.15, 0.2) is 16.1 Å². The molecule has 1 heterocycles. The Bertz CT molecular complexity index is 493. The molecule has 0 spiro atoms. The highest BCUT2D eigenvalue weighted by Crippen LogP contribution is 2.25. The van der Waals surface area contributed by atoms with Gasteiger partial charge in [-0.1, -0.05) is 53.7 Å². The number of aromatic nitrogens is 2. The van der Waals surface area contributed by atoms with E-state index in [1.807, 2.05) is 18.2 Å². The van der Waals surface area contributed by atoms with Crippen molar-refractivity contribution in [2.45, 2.75) is 10.9 Å². The maximum absolute atomic E-state index is 5.92. The van der Waals surface area contributed by atoms with E-state index >= 15 is 0 Å². The predicted molar refractivity (Wildman–Crippen MR) is 69.6 cm³/mol. The lowest BCUT2D eigenvalue weighted by Crippen LogP contribution is -1.92. The molecule has 1 aromatic carbocycles. The summed E-state index contributed by atoms with van der Waals surface area (Å²) in [5.74, 6) is 1.32. The molecule has 0 aliphatic heterocycles. The lowest BCUT2D eigenvalue weighted by molar-refractivity contribution is 0.409. The summed E-state index contributed by atoms with van der Waals surface area (Å²) in [6.45, 7) is 0. The Morgan fingerprint density at radius 3 is 2.71 bits per heavy atom. The highest BCUT2D eigenvalue weighted by Gasteiger charge is 2.05. The molecule has 0 unspecified atom stereocenters. The van der Waals surface area contributed by atoms with Gasteiger partial charge in [-0.15, -0.1) is 0 Å². The number of benzene rings is 1. The molecule has 0 saturated heterocycles. The van der Waals surface area contributed by atoms with E-state index in [0.29, 0.717) is 16.1 Å². The molecule has 0 fully saturated rings. The Kier molecular flexibility index (Phi) is 4.23. The van der Waals surface area contributed by atoms with Gasteiger partial charge in [0.1, 0.15) is 0 Å². The largest absolute Gasteiger partial charge is 0.492 e. The van der Waals surface area contributed by atoms with Gasteiger partial charge in [0.05, 0.1) is 13.3 Å². The number of nitrogens with zero attached hydrogens (tertiary/aromatic N) is 2. The molecule has 3 nitrogen and oxygen atoms in total. The van der Waals surface area contributed by atoms with Crippen molar-refractivity contribution in [3.05, 3.63) is 47.2 Å². The third kappa shape index (κ3) is 3.35. The molecular weight excluding hydrogens is 256 g/mol. The molecule has 0 atom stereocenters. The number of halogens is 1. The van der Waals surface area contributed by atoms with Crippen LogP contribution in [-0.2, 0) is 5.75 Å². The summed E-state index contributed by atoms with van der Waals surface area (Å²) in [7, 11) is 1.54. The van der Waals surface area contributed by atoms with E-state index in [2.05, 4.69) is 22.1 Å². The van der Waals surface area contributed by atoms with Crippen molar-refractivity contribution in [1.82, 2.24) is 9.97 Å². The minimum absolute atomic E-state index is 0.345. The van der Waals surface area contributed by atoms with Crippen LogP contribution in [0, 0.1) is 0 Å². The number of methoxy groups -OCH3 is 1. The van der Waals surface area contributed by atoms with E-state index in [1.165, 1.54) is 5.56 Å². The lowest BCUT2D eigenvalue weighted by atomic mass is 10.2. The van der Waals surface area contributed by atoms with Crippen molar-refractivity contribution in [1.29, 1.82) is 0 Å². The summed E-state index contributed by atoms with van der Waals surface area (Å²) >= 11 is 7.47. The molecule has 5 heteroatoms. The highest BCUT2D eigenvalue weighted by molar-refractivity contribution is 7.98. The Labute approximate surface area is 109 Å². The van der Waals surface area contributed by atoms with Gasteiger partial charge in [-0.2, -0.15) is 0 Å².